The van der Waals surface area contributed by atoms with Gasteiger partial charge in [-0.05, 0) is 60.7 Å². The number of halogens is 1. The number of hydrogen-bond acceptors (Lipinski definition) is 5. The smallest absolute Gasteiger partial charge is 0.224 e. The summed E-state index contributed by atoms with van der Waals surface area (Å²) in [5.74, 6) is 0.711. The number of nitrogens with two attached hydrogens (primary N) is 2. The average molecular weight is 573 g/mol. The van der Waals surface area contributed by atoms with Crippen LogP contribution in [0.25, 0.3) is 22.0 Å². The molecule has 9 heteroatoms. The van der Waals surface area contributed by atoms with Crippen molar-refractivity contribution in [3.8, 4) is 11.1 Å². The maximum Gasteiger partial charge on any atom is 0.224 e. The van der Waals surface area contributed by atoms with Gasteiger partial charge in [-0.1, -0.05) is 41.9 Å². The second-order valence-electron chi connectivity index (χ2n) is 10.9. The molecule has 5 rings (SSSR count). The van der Waals surface area contributed by atoms with E-state index in [1.165, 1.54) is 6.92 Å². The van der Waals surface area contributed by atoms with Crippen molar-refractivity contribution in [3.05, 3.63) is 83.1 Å². The number of piperidine rings is 1. The first-order valence-corrected chi connectivity index (χ1v) is 14.5. The van der Waals surface area contributed by atoms with Gasteiger partial charge in [0, 0.05) is 84.9 Å². The highest BCUT2D eigenvalue weighted by Crippen LogP contribution is 2.34. The minimum absolute atomic E-state index is 0.0538. The van der Waals surface area contributed by atoms with E-state index in [4.69, 9.17) is 23.1 Å². The normalized spacial score (nSPS) is 16.1. The van der Waals surface area contributed by atoms with Crippen LogP contribution in [0.5, 0.6) is 0 Å². The van der Waals surface area contributed by atoms with E-state index in [1.54, 1.807) is 12.3 Å². The van der Waals surface area contributed by atoms with Crippen LogP contribution in [0.4, 0.5) is 5.82 Å². The summed E-state index contributed by atoms with van der Waals surface area (Å²) < 4.78 is 2.24. The third-order valence-corrected chi connectivity index (χ3v) is 8.16. The van der Waals surface area contributed by atoms with Crippen LogP contribution in [-0.2, 0) is 22.6 Å². The number of aromatic nitrogens is 2. The van der Waals surface area contributed by atoms with E-state index in [2.05, 4.69) is 39.1 Å². The van der Waals surface area contributed by atoms with Crippen molar-refractivity contribution in [1.29, 1.82) is 0 Å². The lowest BCUT2D eigenvalue weighted by Crippen LogP contribution is -2.42. The largest absolute Gasteiger partial charge is 0.384 e. The third kappa shape index (κ3) is 6.89. The molecule has 2 aromatic carbocycles. The number of pyridine rings is 1. The molecule has 2 atom stereocenters. The summed E-state index contributed by atoms with van der Waals surface area (Å²) in [4.78, 5) is 31.0. The standard InChI is InChI=1S/C32H37ClN6O2/c1-21(40)36-13-15-39-29-6-2-5-28(33)27(29)18-30(39)25-4-3-14-38(20-25)32(41)17-26(34)16-22-7-9-23(10-8-22)24-11-12-31(35)37-19-24/h2,5-12,18-19,25-26H,3-4,13-17,20,34H2,1H3,(H2,35,37)(H,36,40). The Morgan fingerprint density at radius 3 is 2.63 bits per heavy atom. The zero-order valence-corrected chi connectivity index (χ0v) is 24.1. The van der Waals surface area contributed by atoms with Gasteiger partial charge < -0.3 is 26.3 Å². The SMILES string of the molecule is CC(=O)NCCn1c(C2CCCN(C(=O)CC(N)Cc3ccc(-c4ccc(N)nc4)cc3)C2)cc2c(Cl)cccc21. The molecule has 4 aromatic rings. The van der Waals surface area contributed by atoms with Crippen molar-refractivity contribution in [2.45, 2.75) is 51.1 Å². The van der Waals surface area contributed by atoms with E-state index in [-0.39, 0.29) is 23.8 Å². The number of nitrogen functional groups attached to an aromatic ring is 1. The maximum absolute atomic E-state index is 13.4. The Hall–Kier alpha value is -3.88. The maximum atomic E-state index is 13.4. The van der Waals surface area contributed by atoms with E-state index in [0.717, 1.165) is 52.7 Å². The Labute approximate surface area is 245 Å². The van der Waals surface area contributed by atoms with Crippen LogP contribution in [0.3, 0.4) is 0 Å². The van der Waals surface area contributed by atoms with Crippen molar-refractivity contribution in [2.75, 3.05) is 25.4 Å². The molecule has 1 aliphatic rings. The van der Waals surface area contributed by atoms with Crippen molar-refractivity contribution in [2.24, 2.45) is 5.73 Å². The van der Waals surface area contributed by atoms with E-state index >= 15 is 0 Å². The fourth-order valence-corrected chi connectivity index (χ4v) is 6.01. The molecular weight excluding hydrogens is 536 g/mol. The van der Waals surface area contributed by atoms with Gasteiger partial charge in [-0.25, -0.2) is 4.98 Å². The first kappa shape index (κ1) is 28.6. The number of anilines is 1. The van der Waals surface area contributed by atoms with Gasteiger partial charge in [0.25, 0.3) is 0 Å². The van der Waals surface area contributed by atoms with Crippen molar-refractivity contribution >= 4 is 40.1 Å². The minimum atomic E-state index is -0.269. The molecule has 214 valence electrons. The topological polar surface area (TPSA) is 119 Å². The predicted octanol–water partition coefficient (Wildman–Crippen LogP) is 4.74. The molecule has 41 heavy (non-hydrogen) atoms. The molecule has 0 saturated carbocycles. The Bertz CT molecular complexity index is 1520. The molecule has 2 aromatic heterocycles. The second kappa shape index (κ2) is 12.7. The number of carbonyl (C=O) groups excluding carboxylic acids is 2. The Morgan fingerprint density at radius 2 is 1.90 bits per heavy atom. The predicted molar refractivity (Wildman–Crippen MR) is 165 cm³/mol. The quantitative estimate of drug-likeness (QED) is 0.268. The number of amides is 2. The molecule has 0 aliphatic carbocycles. The van der Waals surface area contributed by atoms with Gasteiger partial charge >= 0.3 is 0 Å². The molecule has 0 bridgehead atoms. The summed E-state index contributed by atoms with van der Waals surface area (Å²) in [6.07, 6.45) is 4.60. The van der Waals surface area contributed by atoms with Crippen LogP contribution in [-0.4, -0.2) is 51.9 Å². The van der Waals surface area contributed by atoms with Crippen LogP contribution in [0.2, 0.25) is 5.02 Å². The van der Waals surface area contributed by atoms with E-state index in [0.29, 0.717) is 43.3 Å². The van der Waals surface area contributed by atoms with Crippen LogP contribution < -0.4 is 16.8 Å². The van der Waals surface area contributed by atoms with Crippen molar-refractivity contribution in [1.82, 2.24) is 19.8 Å². The average Bonchev–Trinajstić information content (AvgIpc) is 3.33. The van der Waals surface area contributed by atoms with Crippen LogP contribution in [0.15, 0.2) is 66.9 Å². The van der Waals surface area contributed by atoms with Gasteiger partial charge in [0.2, 0.25) is 11.8 Å². The van der Waals surface area contributed by atoms with E-state index in [1.807, 2.05) is 35.2 Å². The van der Waals surface area contributed by atoms with Gasteiger partial charge in [-0.15, -0.1) is 0 Å². The zero-order valence-electron chi connectivity index (χ0n) is 23.4. The minimum Gasteiger partial charge on any atom is -0.384 e. The Morgan fingerprint density at radius 1 is 1.12 bits per heavy atom. The van der Waals surface area contributed by atoms with Gasteiger partial charge in [0.1, 0.15) is 5.82 Å². The molecule has 2 unspecified atom stereocenters. The number of nitrogens with zero attached hydrogens (tertiary/aromatic N) is 3. The summed E-state index contributed by atoms with van der Waals surface area (Å²) in [5.41, 5.74) is 17.5. The molecule has 3 heterocycles. The molecule has 0 radical (unpaired) electrons. The van der Waals surface area contributed by atoms with Crippen LogP contribution in [0.1, 0.15) is 43.4 Å². The summed E-state index contributed by atoms with van der Waals surface area (Å²) in [6, 6.07) is 19.7. The van der Waals surface area contributed by atoms with E-state index in [9.17, 15) is 9.59 Å². The fraction of sp³-hybridized carbons (Fsp3) is 0.344. The summed E-state index contributed by atoms with van der Waals surface area (Å²) in [6.45, 7) is 4.07. The molecule has 5 N–H and O–H groups in total. The lowest BCUT2D eigenvalue weighted by Gasteiger charge is -2.34. The van der Waals surface area contributed by atoms with Gasteiger partial charge in [0.15, 0.2) is 0 Å². The number of carbonyl (C=O) groups is 2. The van der Waals surface area contributed by atoms with Crippen molar-refractivity contribution in [3.63, 3.8) is 0 Å². The molecular formula is C32H37ClN6O2. The number of nitrogens with one attached hydrogen (secondary N) is 1. The van der Waals surface area contributed by atoms with Crippen molar-refractivity contribution < 1.29 is 9.59 Å². The molecule has 8 nitrogen and oxygen atoms in total. The number of likely N-dealkylation sites (tertiary alicyclic amines) is 1. The number of rotatable bonds is 9. The number of benzene rings is 2. The molecule has 1 fully saturated rings. The first-order valence-electron chi connectivity index (χ1n) is 14.1. The second-order valence-corrected chi connectivity index (χ2v) is 11.3. The van der Waals surface area contributed by atoms with E-state index < -0.39 is 0 Å². The highest BCUT2D eigenvalue weighted by molar-refractivity contribution is 6.35. The zero-order chi connectivity index (χ0) is 28.9. The highest BCUT2D eigenvalue weighted by atomic mass is 35.5. The lowest BCUT2D eigenvalue weighted by atomic mass is 9.93. The highest BCUT2D eigenvalue weighted by Gasteiger charge is 2.28. The third-order valence-electron chi connectivity index (χ3n) is 7.83. The van der Waals surface area contributed by atoms with Crippen LogP contribution in [0, 0.1) is 0 Å². The molecule has 1 saturated heterocycles. The molecule has 0 spiro atoms. The Balaban J connectivity index is 1.23. The monoisotopic (exact) mass is 572 g/mol. The lowest BCUT2D eigenvalue weighted by molar-refractivity contribution is -0.132. The number of hydrogen-bond donors (Lipinski definition) is 3. The van der Waals surface area contributed by atoms with Gasteiger partial charge in [0.05, 0.1) is 0 Å². The first-order chi connectivity index (χ1) is 19.8. The molecule has 1 aliphatic heterocycles. The summed E-state index contributed by atoms with van der Waals surface area (Å²) in [5, 5.41) is 4.60. The fourth-order valence-electron chi connectivity index (χ4n) is 5.78. The number of fused-ring (bicyclic) bond motifs is 1. The summed E-state index contributed by atoms with van der Waals surface area (Å²) in [7, 11) is 0. The Kier molecular flexibility index (Phi) is 8.90. The van der Waals surface area contributed by atoms with Crippen LogP contribution >= 0.6 is 11.6 Å². The molecule has 2 amide bonds. The summed E-state index contributed by atoms with van der Waals surface area (Å²) >= 11 is 6.55. The van der Waals surface area contributed by atoms with Gasteiger partial charge in [-0.3, -0.25) is 9.59 Å². The van der Waals surface area contributed by atoms with Gasteiger partial charge in [-0.2, -0.15) is 0 Å².